The molecule has 2 aromatic rings. The molecule has 0 aliphatic carbocycles. The number of thioether (sulfide) groups is 1. The van der Waals surface area contributed by atoms with E-state index >= 15 is 0 Å². The lowest BCUT2D eigenvalue weighted by Crippen LogP contribution is -2.33. The molecule has 0 bridgehead atoms. The number of nitrogens with zero attached hydrogens (tertiary/aromatic N) is 1. The Bertz CT molecular complexity index is 748. The molecule has 2 N–H and O–H groups in total. The number of rotatable bonds is 5. The maximum absolute atomic E-state index is 14.1. The topological polar surface area (TPSA) is 46.3 Å². The van der Waals surface area contributed by atoms with Crippen LogP contribution < -0.4 is 5.73 Å². The third kappa shape index (κ3) is 4.75. The fraction of sp³-hybridized carbons (Fsp3) is 0.316. The molecule has 0 aromatic heterocycles. The van der Waals surface area contributed by atoms with Gasteiger partial charge in [0.15, 0.2) is 0 Å². The summed E-state index contributed by atoms with van der Waals surface area (Å²) in [5.41, 5.74) is 6.48. The molecule has 2 unspecified atom stereocenters. The molecule has 3 rings (SSSR count). The summed E-state index contributed by atoms with van der Waals surface area (Å²) in [6.45, 7) is 1.81. The van der Waals surface area contributed by atoms with E-state index in [1.54, 1.807) is 4.90 Å². The second kappa shape index (κ2) is 9.35. The first-order valence-corrected chi connectivity index (χ1v) is 9.12. The maximum atomic E-state index is 14.1. The normalized spacial score (nSPS) is 17.7. The number of carbonyl (C=O) groups excluding carboxylic acids is 1. The van der Waals surface area contributed by atoms with Gasteiger partial charge in [0.2, 0.25) is 5.91 Å². The molecule has 1 aliphatic rings. The van der Waals surface area contributed by atoms with Gasteiger partial charge in [0.25, 0.3) is 0 Å². The fourth-order valence-corrected chi connectivity index (χ4v) is 4.13. The Labute approximate surface area is 162 Å². The van der Waals surface area contributed by atoms with Crippen molar-refractivity contribution in [3.63, 3.8) is 0 Å². The molecular formula is C19H21ClF2N2OS. The molecule has 0 radical (unpaired) electrons. The predicted molar refractivity (Wildman–Crippen MR) is 102 cm³/mol. The quantitative estimate of drug-likeness (QED) is 0.773. The molecule has 1 aliphatic heterocycles. The predicted octanol–water partition coefficient (Wildman–Crippen LogP) is 4.03. The van der Waals surface area contributed by atoms with Crippen molar-refractivity contribution >= 4 is 30.1 Å². The Kier molecular flexibility index (Phi) is 7.43. The summed E-state index contributed by atoms with van der Waals surface area (Å²) in [7, 11) is 0. The van der Waals surface area contributed by atoms with Gasteiger partial charge >= 0.3 is 0 Å². The third-order valence-corrected chi connectivity index (χ3v) is 5.67. The van der Waals surface area contributed by atoms with E-state index in [1.165, 1.54) is 0 Å². The van der Waals surface area contributed by atoms with Gasteiger partial charge in [0, 0.05) is 18.0 Å². The number of benzene rings is 2. The number of nitrogens with two attached hydrogens (primary N) is 1. The number of likely N-dealkylation sites (tertiary alicyclic amines) is 1. The zero-order valence-electron chi connectivity index (χ0n) is 14.1. The molecular weight excluding hydrogens is 378 g/mol. The minimum absolute atomic E-state index is 0. The molecule has 1 heterocycles. The minimum Gasteiger partial charge on any atom is -0.341 e. The summed E-state index contributed by atoms with van der Waals surface area (Å²) in [6, 6.07) is 12.5. The highest BCUT2D eigenvalue weighted by molar-refractivity contribution is 8.00. The van der Waals surface area contributed by atoms with Gasteiger partial charge in [0.05, 0.1) is 0 Å². The number of halogens is 3. The second-order valence-corrected chi connectivity index (χ2v) is 7.30. The van der Waals surface area contributed by atoms with Crippen LogP contribution in [0.5, 0.6) is 0 Å². The molecule has 1 amide bonds. The molecule has 140 valence electrons. The van der Waals surface area contributed by atoms with Crippen LogP contribution in [-0.4, -0.2) is 30.4 Å². The van der Waals surface area contributed by atoms with Crippen molar-refractivity contribution in [2.75, 3.05) is 19.6 Å². The Balaban J connectivity index is 0.00000243. The molecule has 0 saturated carbocycles. The van der Waals surface area contributed by atoms with Crippen molar-refractivity contribution in [1.29, 1.82) is 0 Å². The summed E-state index contributed by atoms with van der Waals surface area (Å²) in [6.07, 6.45) is 0.878. The molecule has 0 spiro atoms. The van der Waals surface area contributed by atoms with E-state index in [0.717, 1.165) is 41.9 Å². The smallest absolute Gasteiger partial charge is 0.240 e. The highest BCUT2D eigenvalue weighted by Gasteiger charge is 2.32. The SMILES string of the molecule is Cl.NCC1CCN(C(=O)C(Sc2cc(F)ccc2F)c2ccccc2)C1. The van der Waals surface area contributed by atoms with Crippen molar-refractivity contribution in [2.24, 2.45) is 11.7 Å². The van der Waals surface area contributed by atoms with Gasteiger partial charge in [-0.15, -0.1) is 24.2 Å². The van der Waals surface area contributed by atoms with Gasteiger partial charge in [-0.3, -0.25) is 4.79 Å². The molecule has 1 saturated heterocycles. The highest BCUT2D eigenvalue weighted by atomic mass is 35.5. The summed E-state index contributed by atoms with van der Waals surface area (Å²) >= 11 is 1.05. The van der Waals surface area contributed by atoms with E-state index < -0.39 is 16.9 Å². The van der Waals surface area contributed by atoms with Crippen molar-refractivity contribution in [3.8, 4) is 0 Å². The first-order chi connectivity index (χ1) is 12.1. The summed E-state index contributed by atoms with van der Waals surface area (Å²) < 4.78 is 27.6. The Hall–Kier alpha value is -1.63. The molecule has 2 atom stereocenters. The first kappa shape index (κ1) is 20.7. The summed E-state index contributed by atoms with van der Waals surface area (Å²) in [5, 5.41) is -0.617. The van der Waals surface area contributed by atoms with E-state index in [9.17, 15) is 13.6 Å². The van der Waals surface area contributed by atoms with Crippen LogP contribution in [0.2, 0.25) is 0 Å². The van der Waals surface area contributed by atoms with Gasteiger partial charge < -0.3 is 10.6 Å². The number of hydrogen-bond acceptors (Lipinski definition) is 3. The van der Waals surface area contributed by atoms with Gasteiger partial charge in [0.1, 0.15) is 16.9 Å². The van der Waals surface area contributed by atoms with Gasteiger partial charge in [-0.2, -0.15) is 0 Å². The number of carbonyl (C=O) groups is 1. The van der Waals surface area contributed by atoms with Gasteiger partial charge in [-0.1, -0.05) is 30.3 Å². The average molecular weight is 399 g/mol. The lowest BCUT2D eigenvalue weighted by molar-refractivity contribution is -0.129. The summed E-state index contributed by atoms with van der Waals surface area (Å²) in [4.78, 5) is 15.0. The van der Waals surface area contributed by atoms with E-state index in [0.29, 0.717) is 25.6 Å². The average Bonchev–Trinajstić information content (AvgIpc) is 3.12. The van der Waals surface area contributed by atoms with E-state index in [1.807, 2.05) is 30.3 Å². The third-order valence-electron chi connectivity index (χ3n) is 4.40. The first-order valence-electron chi connectivity index (χ1n) is 8.24. The van der Waals surface area contributed by atoms with E-state index in [2.05, 4.69) is 0 Å². The molecule has 3 nitrogen and oxygen atoms in total. The van der Waals surface area contributed by atoms with Crippen molar-refractivity contribution in [1.82, 2.24) is 4.90 Å². The van der Waals surface area contributed by atoms with E-state index in [4.69, 9.17) is 5.73 Å². The van der Waals surface area contributed by atoms with Gasteiger partial charge in [-0.25, -0.2) is 8.78 Å². The minimum atomic E-state index is -0.617. The highest BCUT2D eigenvalue weighted by Crippen LogP contribution is 2.39. The second-order valence-electron chi connectivity index (χ2n) is 6.16. The lowest BCUT2D eigenvalue weighted by Gasteiger charge is -2.24. The maximum Gasteiger partial charge on any atom is 0.240 e. The van der Waals surface area contributed by atoms with E-state index in [-0.39, 0.29) is 23.2 Å². The number of hydrogen-bond donors (Lipinski definition) is 1. The zero-order chi connectivity index (χ0) is 17.8. The summed E-state index contributed by atoms with van der Waals surface area (Å²) in [5.74, 6) is -0.832. The van der Waals surface area contributed by atoms with Crippen molar-refractivity contribution < 1.29 is 13.6 Å². The Morgan fingerprint density at radius 2 is 1.96 bits per heavy atom. The molecule has 2 aromatic carbocycles. The van der Waals surface area contributed by atoms with Crippen LogP contribution in [0.3, 0.4) is 0 Å². The van der Waals surface area contributed by atoms with Crippen molar-refractivity contribution in [3.05, 3.63) is 65.7 Å². The van der Waals surface area contributed by atoms with Crippen LogP contribution in [0.15, 0.2) is 53.4 Å². The zero-order valence-corrected chi connectivity index (χ0v) is 15.7. The lowest BCUT2D eigenvalue weighted by atomic mass is 10.1. The van der Waals surface area contributed by atoms with Crippen LogP contribution >= 0.6 is 24.2 Å². The van der Waals surface area contributed by atoms with Crippen LogP contribution in [-0.2, 0) is 4.79 Å². The molecule has 1 fully saturated rings. The van der Waals surface area contributed by atoms with Crippen LogP contribution in [0.25, 0.3) is 0 Å². The monoisotopic (exact) mass is 398 g/mol. The molecule has 26 heavy (non-hydrogen) atoms. The standard InChI is InChI=1S/C19H20F2N2OS.ClH/c20-15-6-7-16(21)17(10-15)25-18(14-4-2-1-3-5-14)19(24)23-9-8-13(11-22)12-23;/h1-7,10,13,18H,8-9,11-12,22H2;1H. The number of amides is 1. The van der Waals surface area contributed by atoms with Gasteiger partial charge in [-0.05, 0) is 42.6 Å². The largest absolute Gasteiger partial charge is 0.341 e. The van der Waals surface area contributed by atoms with Crippen LogP contribution in [0.1, 0.15) is 17.2 Å². The fourth-order valence-electron chi connectivity index (χ4n) is 2.97. The molecule has 7 heteroatoms. The Morgan fingerprint density at radius 1 is 1.23 bits per heavy atom. The van der Waals surface area contributed by atoms with Crippen molar-refractivity contribution in [2.45, 2.75) is 16.6 Å². The Morgan fingerprint density at radius 3 is 2.62 bits per heavy atom. The van der Waals surface area contributed by atoms with Crippen LogP contribution in [0, 0.1) is 17.6 Å². The van der Waals surface area contributed by atoms with Crippen LogP contribution in [0.4, 0.5) is 8.78 Å².